The van der Waals surface area contributed by atoms with Crippen molar-refractivity contribution in [2.75, 3.05) is 13.1 Å². The van der Waals surface area contributed by atoms with Crippen LogP contribution in [-0.4, -0.2) is 22.1 Å². The van der Waals surface area contributed by atoms with E-state index in [2.05, 4.69) is 50.5 Å². The lowest BCUT2D eigenvalue weighted by Gasteiger charge is -2.41. The number of hydrogen-bond acceptors (Lipinski definition) is 2. The van der Waals surface area contributed by atoms with Gasteiger partial charge in [-0.1, -0.05) is 51.8 Å². The summed E-state index contributed by atoms with van der Waals surface area (Å²) < 4.78 is 2.84. The molecule has 2 atom stereocenters. The van der Waals surface area contributed by atoms with Gasteiger partial charge in [0.1, 0.15) is 0 Å². The second-order valence-electron chi connectivity index (χ2n) is 5.80. The molecule has 0 heterocycles. The van der Waals surface area contributed by atoms with Gasteiger partial charge in [-0.2, -0.15) is 0 Å². The van der Waals surface area contributed by atoms with E-state index in [9.17, 15) is 0 Å². The lowest BCUT2D eigenvalue weighted by molar-refractivity contribution is 0.282. The molecule has 16 heavy (non-hydrogen) atoms. The Morgan fingerprint density at radius 1 is 1.38 bits per heavy atom. The minimum absolute atomic E-state index is 0.337. The topological polar surface area (TPSA) is 3.24 Å². The standard InChI is InChI=1S/C14H25NS/c1-6-15(7-2)16-14-9-8-12(10-11(14)3)13(14,4)5/h12H,3,6-10H2,1-2,4-5H3/t12-,14-/m0/s1. The molecule has 0 aromatic heterocycles. The summed E-state index contributed by atoms with van der Waals surface area (Å²) in [4.78, 5) is 0. The van der Waals surface area contributed by atoms with Gasteiger partial charge in [0.15, 0.2) is 0 Å². The molecule has 0 aromatic rings. The highest BCUT2D eigenvalue weighted by atomic mass is 32.2. The van der Waals surface area contributed by atoms with E-state index in [1.807, 2.05) is 0 Å². The van der Waals surface area contributed by atoms with Gasteiger partial charge in [-0.05, 0) is 30.6 Å². The highest BCUT2D eigenvalue weighted by molar-refractivity contribution is 7.98. The fourth-order valence-electron chi connectivity index (χ4n) is 3.64. The molecule has 0 spiro atoms. The van der Waals surface area contributed by atoms with E-state index in [-0.39, 0.29) is 0 Å². The van der Waals surface area contributed by atoms with E-state index >= 15 is 0 Å². The molecule has 2 aliphatic rings. The fraction of sp³-hybridized carbons (Fsp3) is 0.857. The molecule has 0 radical (unpaired) electrons. The maximum atomic E-state index is 4.38. The summed E-state index contributed by atoms with van der Waals surface area (Å²) in [5.41, 5.74) is 1.95. The lowest BCUT2D eigenvalue weighted by atomic mass is 9.81. The van der Waals surface area contributed by atoms with Gasteiger partial charge in [0.25, 0.3) is 0 Å². The first-order chi connectivity index (χ1) is 7.48. The van der Waals surface area contributed by atoms with Crippen LogP contribution < -0.4 is 0 Å². The molecule has 0 amide bonds. The van der Waals surface area contributed by atoms with Gasteiger partial charge in [-0.25, -0.2) is 0 Å². The number of fused-ring (bicyclic) bond motifs is 2. The SMILES string of the molecule is C=C1C[C@@H]2CC[C@@]1(SN(CC)CC)C2(C)C. The number of nitrogens with zero attached hydrogens (tertiary/aromatic N) is 1. The van der Waals surface area contributed by atoms with Gasteiger partial charge in [-0.3, -0.25) is 4.31 Å². The van der Waals surface area contributed by atoms with E-state index < -0.39 is 0 Å². The Bertz CT molecular complexity index is 293. The largest absolute Gasteiger partial charge is 0.250 e. The van der Waals surface area contributed by atoms with Crippen molar-refractivity contribution in [2.24, 2.45) is 11.3 Å². The van der Waals surface area contributed by atoms with Crippen LogP contribution in [0.2, 0.25) is 0 Å². The average molecular weight is 239 g/mol. The minimum atomic E-state index is 0.337. The second kappa shape index (κ2) is 4.06. The highest BCUT2D eigenvalue weighted by Crippen LogP contribution is 2.68. The van der Waals surface area contributed by atoms with Gasteiger partial charge in [0, 0.05) is 13.1 Å². The zero-order valence-electron chi connectivity index (χ0n) is 11.2. The Labute approximate surface area is 105 Å². The summed E-state index contributed by atoms with van der Waals surface area (Å²) in [6, 6.07) is 0. The van der Waals surface area contributed by atoms with Gasteiger partial charge in [-0.15, -0.1) is 0 Å². The van der Waals surface area contributed by atoms with E-state index in [0.29, 0.717) is 10.2 Å². The summed E-state index contributed by atoms with van der Waals surface area (Å²) in [7, 11) is 0. The Kier molecular flexibility index (Phi) is 3.17. The molecule has 2 fully saturated rings. The van der Waals surface area contributed by atoms with Gasteiger partial charge in [0.2, 0.25) is 0 Å². The molecule has 2 bridgehead atoms. The Balaban J connectivity index is 2.25. The summed E-state index contributed by atoms with van der Waals surface area (Å²) in [6.07, 6.45) is 4.01. The van der Waals surface area contributed by atoms with Crippen LogP contribution in [0.5, 0.6) is 0 Å². The molecular formula is C14H25NS. The van der Waals surface area contributed by atoms with E-state index in [1.54, 1.807) is 0 Å². The first-order valence-corrected chi connectivity index (χ1v) is 7.37. The summed E-state index contributed by atoms with van der Waals surface area (Å²) in [5, 5.41) is 0. The van der Waals surface area contributed by atoms with Gasteiger partial charge >= 0.3 is 0 Å². The molecule has 92 valence electrons. The van der Waals surface area contributed by atoms with Crippen molar-refractivity contribution in [1.82, 2.24) is 4.31 Å². The molecule has 2 aliphatic carbocycles. The first kappa shape index (κ1) is 12.5. The van der Waals surface area contributed by atoms with Crippen molar-refractivity contribution in [1.29, 1.82) is 0 Å². The molecule has 2 saturated carbocycles. The van der Waals surface area contributed by atoms with Crippen molar-refractivity contribution in [2.45, 2.75) is 51.7 Å². The van der Waals surface area contributed by atoms with E-state index in [4.69, 9.17) is 0 Å². The maximum absolute atomic E-state index is 4.38. The Morgan fingerprint density at radius 3 is 2.38 bits per heavy atom. The number of rotatable bonds is 4. The van der Waals surface area contributed by atoms with Crippen molar-refractivity contribution >= 4 is 11.9 Å². The van der Waals surface area contributed by atoms with E-state index in [0.717, 1.165) is 19.0 Å². The quantitative estimate of drug-likeness (QED) is 0.536. The maximum Gasteiger partial charge on any atom is 0.0566 e. The van der Waals surface area contributed by atoms with Crippen LogP contribution in [0.25, 0.3) is 0 Å². The predicted octanol–water partition coefficient (Wildman–Crippen LogP) is 4.11. The molecule has 0 aromatic carbocycles. The average Bonchev–Trinajstić information content (AvgIpc) is 2.59. The highest BCUT2D eigenvalue weighted by Gasteiger charge is 2.62. The van der Waals surface area contributed by atoms with Crippen LogP contribution in [0.1, 0.15) is 47.0 Å². The third kappa shape index (κ3) is 1.49. The molecule has 0 N–H and O–H groups in total. The molecule has 0 aliphatic heterocycles. The smallest absolute Gasteiger partial charge is 0.0566 e. The lowest BCUT2D eigenvalue weighted by Crippen LogP contribution is -2.39. The van der Waals surface area contributed by atoms with Crippen molar-refractivity contribution in [3.63, 3.8) is 0 Å². The van der Waals surface area contributed by atoms with Crippen molar-refractivity contribution in [3.8, 4) is 0 Å². The monoisotopic (exact) mass is 239 g/mol. The summed E-state index contributed by atoms with van der Waals surface area (Å²) in [6.45, 7) is 16.1. The molecule has 2 heteroatoms. The van der Waals surface area contributed by atoms with E-state index in [1.165, 1.54) is 24.8 Å². The van der Waals surface area contributed by atoms with Crippen molar-refractivity contribution in [3.05, 3.63) is 12.2 Å². The number of hydrogen-bond donors (Lipinski definition) is 0. The van der Waals surface area contributed by atoms with Crippen LogP contribution in [-0.2, 0) is 0 Å². The zero-order chi connectivity index (χ0) is 12.0. The Morgan fingerprint density at radius 2 is 2.00 bits per heavy atom. The fourth-order valence-corrected chi connectivity index (χ4v) is 5.17. The van der Waals surface area contributed by atoms with Crippen LogP contribution in [0, 0.1) is 11.3 Å². The van der Waals surface area contributed by atoms with Crippen LogP contribution in [0.15, 0.2) is 12.2 Å². The summed E-state index contributed by atoms with van der Waals surface area (Å²) >= 11 is 2.09. The molecule has 1 nitrogen and oxygen atoms in total. The predicted molar refractivity (Wildman–Crippen MR) is 73.5 cm³/mol. The second-order valence-corrected chi connectivity index (χ2v) is 7.19. The van der Waals surface area contributed by atoms with Gasteiger partial charge in [0.05, 0.1) is 4.75 Å². The van der Waals surface area contributed by atoms with Crippen LogP contribution >= 0.6 is 11.9 Å². The van der Waals surface area contributed by atoms with Crippen LogP contribution in [0.4, 0.5) is 0 Å². The normalized spacial score (nSPS) is 36.3. The van der Waals surface area contributed by atoms with Crippen molar-refractivity contribution < 1.29 is 0 Å². The van der Waals surface area contributed by atoms with Crippen LogP contribution in [0.3, 0.4) is 0 Å². The third-order valence-electron chi connectivity index (χ3n) is 4.96. The molecule has 0 saturated heterocycles. The first-order valence-electron chi connectivity index (χ1n) is 6.60. The molecule has 0 unspecified atom stereocenters. The molecular weight excluding hydrogens is 214 g/mol. The van der Waals surface area contributed by atoms with Gasteiger partial charge < -0.3 is 0 Å². The molecule has 2 rings (SSSR count). The third-order valence-corrected chi connectivity index (χ3v) is 7.07. The minimum Gasteiger partial charge on any atom is -0.250 e. The zero-order valence-corrected chi connectivity index (χ0v) is 12.0. The summed E-state index contributed by atoms with van der Waals surface area (Å²) in [5.74, 6) is 0.878. The Hall–Kier alpha value is 0.0500.